The van der Waals surface area contributed by atoms with Gasteiger partial charge in [0, 0.05) is 10.9 Å². The first kappa shape index (κ1) is 19.9. The van der Waals surface area contributed by atoms with Crippen LogP contribution in [0, 0.1) is 0 Å². The van der Waals surface area contributed by atoms with Crippen molar-refractivity contribution in [1.82, 2.24) is 10.3 Å². The molecular weight excluding hydrogens is 369 g/mol. The largest absolute Gasteiger partial charge is 0.416 e. The highest BCUT2D eigenvalue weighted by Gasteiger charge is 2.31. The monoisotopic (exact) mass is 390 g/mol. The third kappa shape index (κ3) is 4.20. The van der Waals surface area contributed by atoms with Gasteiger partial charge in [0.1, 0.15) is 5.69 Å². The number of aromatic amines is 1. The van der Waals surface area contributed by atoms with E-state index < -0.39 is 23.7 Å². The third-order valence-corrected chi connectivity index (χ3v) is 4.69. The Morgan fingerprint density at radius 1 is 1.18 bits per heavy atom. The minimum atomic E-state index is -4.45. The van der Waals surface area contributed by atoms with Gasteiger partial charge in [0.15, 0.2) is 0 Å². The van der Waals surface area contributed by atoms with Crippen molar-refractivity contribution in [3.8, 4) is 0 Å². The van der Waals surface area contributed by atoms with Gasteiger partial charge in [0.25, 0.3) is 5.91 Å². The molecule has 4 nitrogen and oxygen atoms in total. The molecular formula is C21H21F3N2O2. The molecule has 0 saturated carbocycles. The molecule has 0 aliphatic rings. The molecule has 3 aromatic rings. The van der Waals surface area contributed by atoms with Crippen LogP contribution in [0.4, 0.5) is 13.2 Å². The molecule has 1 unspecified atom stereocenters. The predicted molar refractivity (Wildman–Crippen MR) is 101 cm³/mol. The van der Waals surface area contributed by atoms with Crippen molar-refractivity contribution in [1.29, 1.82) is 0 Å². The summed E-state index contributed by atoms with van der Waals surface area (Å²) in [6.45, 7) is 1.54. The summed E-state index contributed by atoms with van der Waals surface area (Å²) < 4.78 is 39.1. The average Bonchev–Trinajstić information content (AvgIpc) is 3.05. The smallest absolute Gasteiger partial charge is 0.394 e. The number of aromatic nitrogens is 1. The number of nitrogens with one attached hydrogen (secondary N) is 2. The normalized spacial score (nSPS) is 12.9. The average molecular weight is 390 g/mol. The van der Waals surface area contributed by atoms with Crippen LogP contribution in [-0.4, -0.2) is 28.6 Å². The maximum Gasteiger partial charge on any atom is 0.416 e. The summed E-state index contributed by atoms with van der Waals surface area (Å²) in [5, 5.41) is 12.8. The number of amides is 1. The van der Waals surface area contributed by atoms with E-state index in [1.54, 1.807) is 6.92 Å². The van der Waals surface area contributed by atoms with Gasteiger partial charge in [-0.15, -0.1) is 0 Å². The van der Waals surface area contributed by atoms with Crippen LogP contribution in [0.5, 0.6) is 0 Å². The molecule has 0 radical (unpaired) electrons. The van der Waals surface area contributed by atoms with Crippen molar-refractivity contribution >= 4 is 16.8 Å². The molecule has 0 aliphatic heterocycles. The van der Waals surface area contributed by atoms with Crippen molar-refractivity contribution in [2.75, 3.05) is 6.61 Å². The van der Waals surface area contributed by atoms with Crippen LogP contribution in [-0.2, 0) is 19.0 Å². The Balaban J connectivity index is 1.88. The number of aryl methyl sites for hydroxylation is 1. The zero-order chi connectivity index (χ0) is 20.3. The van der Waals surface area contributed by atoms with Crippen LogP contribution in [0.1, 0.15) is 34.1 Å². The van der Waals surface area contributed by atoms with Crippen molar-refractivity contribution in [3.63, 3.8) is 0 Å². The molecule has 148 valence electrons. The van der Waals surface area contributed by atoms with Crippen LogP contribution >= 0.6 is 0 Å². The lowest BCUT2D eigenvalue weighted by atomic mass is 10.0. The van der Waals surface area contributed by atoms with Crippen LogP contribution < -0.4 is 5.32 Å². The summed E-state index contributed by atoms with van der Waals surface area (Å²) in [6, 6.07) is 12.3. The molecule has 2 aromatic carbocycles. The number of benzene rings is 2. The number of aliphatic hydroxyl groups is 1. The Hall–Kier alpha value is -2.80. The number of carbonyl (C=O) groups is 1. The molecule has 1 aromatic heterocycles. The fourth-order valence-corrected chi connectivity index (χ4v) is 3.30. The Morgan fingerprint density at radius 2 is 1.89 bits per heavy atom. The van der Waals surface area contributed by atoms with E-state index in [2.05, 4.69) is 10.3 Å². The summed E-state index contributed by atoms with van der Waals surface area (Å²) in [5.41, 5.74) is 1.43. The van der Waals surface area contributed by atoms with Crippen molar-refractivity contribution in [2.45, 2.75) is 32.0 Å². The summed E-state index contributed by atoms with van der Waals surface area (Å²) in [5.74, 6) is -0.448. The second kappa shape index (κ2) is 8.06. The Morgan fingerprint density at radius 3 is 2.50 bits per heavy atom. The standard InChI is InChI=1S/C21H21F3N2O2/c1-2-16-17-11-14(21(22,23)24)8-9-18(17)26-19(16)20(28)25-15(12-27)10-13-6-4-3-5-7-13/h3-9,11,15,26-27H,2,10,12H2,1H3,(H,25,28). The molecule has 7 heteroatoms. The minimum Gasteiger partial charge on any atom is -0.394 e. The van der Waals surface area contributed by atoms with Gasteiger partial charge in [-0.2, -0.15) is 13.2 Å². The van der Waals surface area contributed by atoms with Gasteiger partial charge in [0.05, 0.1) is 18.2 Å². The Bertz CT molecular complexity index is 965. The number of fused-ring (bicyclic) bond motifs is 1. The fourth-order valence-electron chi connectivity index (χ4n) is 3.30. The molecule has 3 rings (SSSR count). The molecule has 1 heterocycles. The summed E-state index contributed by atoms with van der Waals surface area (Å²) in [7, 11) is 0. The zero-order valence-corrected chi connectivity index (χ0v) is 15.3. The number of alkyl halides is 3. The SMILES string of the molecule is CCc1c(C(=O)NC(CO)Cc2ccccc2)[nH]c2ccc(C(F)(F)F)cc12. The summed E-state index contributed by atoms with van der Waals surface area (Å²) in [4.78, 5) is 15.7. The topological polar surface area (TPSA) is 65.1 Å². The Kier molecular flexibility index (Phi) is 5.74. The van der Waals surface area contributed by atoms with E-state index >= 15 is 0 Å². The molecule has 1 amide bonds. The number of aliphatic hydroxyl groups excluding tert-OH is 1. The quantitative estimate of drug-likeness (QED) is 0.594. The van der Waals surface area contributed by atoms with Gasteiger partial charge >= 0.3 is 6.18 Å². The predicted octanol–water partition coefficient (Wildman–Crippen LogP) is 4.08. The van der Waals surface area contributed by atoms with E-state index in [-0.39, 0.29) is 12.3 Å². The van der Waals surface area contributed by atoms with Crippen LogP contribution in [0.25, 0.3) is 10.9 Å². The second-order valence-corrected chi connectivity index (χ2v) is 6.63. The van der Waals surface area contributed by atoms with Gasteiger partial charge in [0.2, 0.25) is 0 Å². The molecule has 0 fully saturated rings. The lowest BCUT2D eigenvalue weighted by Crippen LogP contribution is -2.39. The Labute approximate surface area is 160 Å². The van der Waals surface area contributed by atoms with Gasteiger partial charge in [-0.25, -0.2) is 0 Å². The lowest BCUT2D eigenvalue weighted by molar-refractivity contribution is -0.137. The van der Waals surface area contributed by atoms with Crippen LogP contribution in [0.3, 0.4) is 0 Å². The highest BCUT2D eigenvalue weighted by molar-refractivity contribution is 6.01. The van der Waals surface area contributed by atoms with E-state index in [1.807, 2.05) is 30.3 Å². The molecule has 1 atom stereocenters. The van der Waals surface area contributed by atoms with Crippen molar-refractivity contribution in [3.05, 3.63) is 70.9 Å². The van der Waals surface area contributed by atoms with E-state index in [0.29, 0.717) is 29.3 Å². The summed E-state index contributed by atoms with van der Waals surface area (Å²) in [6.07, 6.45) is -3.61. The van der Waals surface area contributed by atoms with Crippen LogP contribution in [0.2, 0.25) is 0 Å². The maximum atomic E-state index is 13.0. The van der Waals surface area contributed by atoms with E-state index in [4.69, 9.17) is 0 Å². The van der Waals surface area contributed by atoms with Gasteiger partial charge in [-0.1, -0.05) is 37.3 Å². The molecule has 3 N–H and O–H groups in total. The molecule has 0 spiro atoms. The highest BCUT2D eigenvalue weighted by Crippen LogP contribution is 2.33. The second-order valence-electron chi connectivity index (χ2n) is 6.63. The molecule has 0 aliphatic carbocycles. The van der Waals surface area contributed by atoms with E-state index in [9.17, 15) is 23.1 Å². The lowest BCUT2D eigenvalue weighted by Gasteiger charge is -2.16. The molecule has 28 heavy (non-hydrogen) atoms. The van der Waals surface area contributed by atoms with Crippen molar-refractivity contribution in [2.24, 2.45) is 0 Å². The number of carbonyl (C=O) groups excluding carboxylic acids is 1. The zero-order valence-electron chi connectivity index (χ0n) is 15.3. The van der Waals surface area contributed by atoms with Crippen molar-refractivity contribution < 1.29 is 23.1 Å². The molecule has 0 bridgehead atoms. The van der Waals surface area contributed by atoms with Gasteiger partial charge in [-0.05, 0) is 42.2 Å². The number of rotatable bonds is 6. The van der Waals surface area contributed by atoms with Gasteiger partial charge < -0.3 is 15.4 Å². The fraction of sp³-hybridized carbons (Fsp3) is 0.286. The van der Waals surface area contributed by atoms with E-state index in [0.717, 1.165) is 17.7 Å². The number of hydrogen-bond acceptors (Lipinski definition) is 2. The van der Waals surface area contributed by atoms with E-state index in [1.165, 1.54) is 6.07 Å². The minimum absolute atomic E-state index is 0.225. The van der Waals surface area contributed by atoms with Crippen LogP contribution in [0.15, 0.2) is 48.5 Å². The number of H-pyrrole nitrogens is 1. The van der Waals surface area contributed by atoms with Gasteiger partial charge in [-0.3, -0.25) is 4.79 Å². The first-order valence-corrected chi connectivity index (χ1v) is 9.01. The highest BCUT2D eigenvalue weighted by atomic mass is 19.4. The molecule has 0 saturated heterocycles. The number of halogens is 3. The number of hydrogen-bond donors (Lipinski definition) is 3. The first-order chi connectivity index (χ1) is 13.3. The summed E-state index contributed by atoms with van der Waals surface area (Å²) >= 11 is 0. The maximum absolute atomic E-state index is 13.0. The first-order valence-electron chi connectivity index (χ1n) is 9.01. The third-order valence-electron chi connectivity index (χ3n) is 4.69.